The number of nitrogens with zero attached hydrogens (tertiary/aromatic N) is 3. The molecule has 0 spiro atoms. The predicted octanol–water partition coefficient (Wildman–Crippen LogP) is 2.21. The fraction of sp³-hybridized carbons (Fsp3) is 0.150. The molecule has 6 heteroatoms. The third-order valence-corrected chi connectivity index (χ3v) is 4.36. The van der Waals surface area contributed by atoms with Crippen LogP contribution in [0.5, 0.6) is 0 Å². The van der Waals surface area contributed by atoms with E-state index < -0.39 is 0 Å². The Bertz CT molecular complexity index is 935. The predicted molar refractivity (Wildman–Crippen MR) is 97.7 cm³/mol. The standard InChI is InChI=1S/C20H18N4O2/c25-17-11-21-19(26)18-20(24(17)13-16-9-5-2-6-10-16)23(14-22-18)12-15-7-3-1-4-8-15/h1-10,14H,11-13H2,(H,21,26). The van der Waals surface area contributed by atoms with Gasteiger partial charge in [-0.1, -0.05) is 60.7 Å². The van der Waals surface area contributed by atoms with Crippen molar-refractivity contribution in [2.45, 2.75) is 13.1 Å². The van der Waals surface area contributed by atoms with Gasteiger partial charge in [0.15, 0.2) is 5.69 Å². The maximum absolute atomic E-state index is 12.7. The second kappa shape index (κ2) is 6.84. The molecule has 0 aliphatic carbocycles. The first-order valence-corrected chi connectivity index (χ1v) is 8.44. The van der Waals surface area contributed by atoms with E-state index in [1.807, 2.05) is 65.2 Å². The van der Waals surface area contributed by atoms with E-state index in [0.29, 0.717) is 18.9 Å². The van der Waals surface area contributed by atoms with E-state index in [0.717, 1.165) is 11.1 Å². The molecule has 130 valence electrons. The van der Waals surface area contributed by atoms with Crippen molar-refractivity contribution in [3.63, 3.8) is 0 Å². The Morgan fingerprint density at radius 3 is 2.15 bits per heavy atom. The van der Waals surface area contributed by atoms with Crippen LogP contribution < -0.4 is 10.2 Å². The lowest BCUT2D eigenvalue weighted by Gasteiger charge is -2.23. The van der Waals surface area contributed by atoms with E-state index in [2.05, 4.69) is 10.3 Å². The molecular formula is C20H18N4O2. The molecule has 2 amide bonds. The Kier molecular flexibility index (Phi) is 4.23. The second-order valence-electron chi connectivity index (χ2n) is 6.18. The SMILES string of the molecule is O=C1NCC(=O)N(Cc2ccccc2)c2c1ncn2Cc1ccccc1. The zero-order valence-electron chi connectivity index (χ0n) is 14.1. The fourth-order valence-electron chi connectivity index (χ4n) is 3.10. The van der Waals surface area contributed by atoms with Gasteiger partial charge in [0.25, 0.3) is 5.91 Å². The molecule has 0 atom stereocenters. The first-order valence-electron chi connectivity index (χ1n) is 8.44. The molecule has 0 fully saturated rings. The highest BCUT2D eigenvalue weighted by Crippen LogP contribution is 2.25. The summed E-state index contributed by atoms with van der Waals surface area (Å²) in [5.41, 5.74) is 2.35. The quantitative estimate of drug-likeness (QED) is 0.788. The number of benzene rings is 2. The molecule has 0 saturated heterocycles. The van der Waals surface area contributed by atoms with Crippen LogP contribution in [0.4, 0.5) is 5.82 Å². The van der Waals surface area contributed by atoms with Crippen LogP contribution in [-0.2, 0) is 17.9 Å². The highest BCUT2D eigenvalue weighted by molar-refractivity contribution is 6.07. The molecule has 26 heavy (non-hydrogen) atoms. The number of nitrogens with one attached hydrogen (secondary N) is 1. The molecule has 2 heterocycles. The van der Waals surface area contributed by atoms with Crippen LogP contribution in [0.1, 0.15) is 21.6 Å². The van der Waals surface area contributed by atoms with Crippen LogP contribution in [0.3, 0.4) is 0 Å². The van der Waals surface area contributed by atoms with Gasteiger partial charge in [-0.05, 0) is 11.1 Å². The summed E-state index contributed by atoms with van der Waals surface area (Å²) in [5, 5.41) is 2.64. The van der Waals surface area contributed by atoms with E-state index in [1.165, 1.54) is 0 Å². The van der Waals surface area contributed by atoms with E-state index in [1.54, 1.807) is 11.2 Å². The number of amides is 2. The van der Waals surface area contributed by atoms with Crippen molar-refractivity contribution < 1.29 is 9.59 Å². The van der Waals surface area contributed by atoms with Crippen molar-refractivity contribution in [3.8, 4) is 0 Å². The zero-order chi connectivity index (χ0) is 17.9. The van der Waals surface area contributed by atoms with Crippen molar-refractivity contribution in [1.82, 2.24) is 14.9 Å². The number of hydrogen-bond donors (Lipinski definition) is 1. The molecule has 1 aliphatic heterocycles. The van der Waals surface area contributed by atoms with E-state index in [-0.39, 0.29) is 24.1 Å². The van der Waals surface area contributed by atoms with Gasteiger partial charge in [0.2, 0.25) is 5.91 Å². The highest BCUT2D eigenvalue weighted by atomic mass is 16.2. The second-order valence-corrected chi connectivity index (χ2v) is 6.18. The molecular weight excluding hydrogens is 328 g/mol. The van der Waals surface area contributed by atoms with Gasteiger partial charge >= 0.3 is 0 Å². The number of fused-ring (bicyclic) bond motifs is 1. The lowest BCUT2D eigenvalue weighted by atomic mass is 10.2. The molecule has 2 aromatic carbocycles. The third kappa shape index (κ3) is 3.09. The summed E-state index contributed by atoms with van der Waals surface area (Å²) in [6, 6.07) is 19.6. The number of carbonyl (C=O) groups is 2. The summed E-state index contributed by atoms with van der Waals surface area (Å²) in [5.74, 6) is 0.0594. The summed E-state index contributed by atoms with van der Waals surface area (Å²) >= 11 is 0. The fourth-order valence-corrected chi connectivity index (χ4v) is 3.10. The van der Waals surface area contributed by atoms with E-state index in [9.17, 15) is 9.59 Å². The smallest absolute Gasteiger partial charge is 0.274 e. The number of hydrogen-bond acceptors (Lipinski definition) is 3. The molecule has 3 aromatic rings. The molecule has 0 unspecified atom stereocenters. The van der Waals surface area contributed by atoms with Crippen molar-refractivity contribution in [2.75, 3.05) is 11.4 Å². The minimum absolute atomic E-state index is 0.0344. The highest BCUT2D eigenvalue weighted by Gasteiger charge is 2.31. The van der Waals surface area contributed by atoms with Crippen LogP contribution >= 0.6 is 0 Å². The van der Waals surface area contributed by atoms with Gasteiger partial charge in [-0.2, -0.15) is 0 Å². The summed E-state index contributed by atoms with van der Waals surface area (Å²) in [6.45, 7) is 0.893. The van der Waals surface area contributed by atoms with Gasteiger partial charge in [-0.25, -0.2) is 4.98 Å². The summed E-state index contributed by atoms with van der Waals surface area (Å²) in [7, 11) is 0. The molecule has 1 aliphatic rings. The average molecular weight is 346 g/mol. The molecule has 6 nitrogen and oxygen atoms in total. The number of rotatable bonds is 4. The molecule has 1 N–H and O–H groups in total. The summed E-state index contributed by atoms with van der Waals surface area (Å²) in [6.07, 6.45) is 1.62. The number of carbonyl (C=O) groups excluding carboxylic acids is 2. The molecule has 0 saturated carbocycles. The Labute approximate surface area is 151 Å². The summed E-state index contributed by atoms with van der Waals surface area (Å²) in [4.78, 5) is 31.0. The average Bonchev–Trinajstić information content (AvgIpc) is 3.04. The maximum atomic E-state index is 12.7. The molecule has 4 rings (SSSR count). The van der Waals surface area contributed by atoms with E-state index in [4.69, 9.17) is 0 Å². The van der Waals surface area contributed by atoms with Crippen molar-refractivity contribution in [1.29, 1.82) is 0 Å². The largest absolute Gasteiger partial charge is 0.341 e. The van der Waals surface area contributed by atoms with Gasteiger partial charge in [0.1, 0.15) is 5.82 Å². The zero-order valence-corrected chi connectivity index (χ0v) is 14.1. The first-order chi connectivity index (χ1) is 12.7. The number of anilines is 1. The normalized spacial score (nSPS) is 13.9. The van der Waals surface area contributed by atoms with Gasteiger partial charge in [-0.15, -0.1) is 0 Å². The van der Waals surface area contributed by atoms with Crippen LogP contribution in [0.2, 0.25) is 0 Å². The monoisotopic (exact) mass is 346 g/mol. The van der Waals surface area contributed by atoms with E-state index >= 15 is 0 Å². The Balaban J connectivity index is 1.75. The molecule has 1 aromatic heterocycles. The Morgan fingerprint density at radius 1 is 0.885 bits per heavy atom. The number of imidazole rings is 1. The van der Waals surface area contributed by atoms with Gasteiger partial charge in [0.05, 0.1) is 26.0 Å². The molecule has 0 bridgehead atoms. The lowest BCUT2D eigenvalue weighted by molar-refractivity contribution is -0.117. The Hall–Kier alpha value is -3.41. The van der Waals surface area contributed by atoms with Crippen molar-refractivity contribution in [3.05, 3.63) is 83.8 Å². The van der Waals surface area contributed by atoms with Crippen LogP contribution in [0.25, 0.3) is 0 Å². The van der Waals surface area contributed by atoms with Crippen LogP contribution in [0, 0.1) is 0 Å². The topological polar surface area (TPSA) is 67.2 Å². The van der Waals surface area contributed by atoms with Crippen molar-refractivity contribution >= 4 is 17.6 Å². The first kappa shape index (κ1) is 16.1. The minimum Gasteiger partial charge on any atom is -0.341 e. The molecule has 0 radical (unpaired) electrons. The number of aromatic nitrogens is 2. The van der Waals surface area contributed by atoms with Crippen molar-refractivity contribution in [2.24, 2.45) is 0 Å². The van der Waals surface area contributed by atoms with Crippen LogP contribution in [0.15, 0.2) is 67.0 Å². The lowest BCUT2D eigenvalue weighted by Crippen LogP contribution is -2.37. The summed E-state index contributed by atoms with van der Waals surface area (Å²) < 4.78 is 1.86. The maximum Gasteiger partial charge on any atom is 0.274 e. The Morgan fingerprint density at radius 2 is 1.50 bits per heavy atom. The van der Waals surface area contributed by atoms with Crippen LogP contribution in [-0.4, -0.2) is 27.9 Å². The third-order valence-electron chi connectivity index (χ3n) is 4.36. The van der Waals surface area contributed by atoms with Gasteiger partial charge in [0, 0.05) is 0 Å². The minimum atomic E-state index is -0.323. The van der Waals surface area contributed by atoms with Gasteiger partial charge in [-0.3, -0.25) is 14.5 Å². The van der Waals surface area contributed by atoms with Gasteiger partial charge < -0.3 is 9.88 Å².